The van der Waals surface area contributed by atoms with Gasteiger partial charge in [0.1, 0.15) is 6.61 Å². The third-order valence-electron chi connectivity index (χ3n) is 5.55. The minimum absolute atomic E-state index is 0.0892. The summed E-state index contributed by atoms with van der Waals surface area (Å²) in [6.07, 6.45) is -0.644. The third-order valence-corrected chi connectivity index (χ3v) is 8.86. The number of hydrogen-bond acceptors (Lipinski definition) is 4. The van der Waals surface area contributed by atoms with Crippen molar-refractivity contribution in [1.82, 2.24) is 4.90 Å². The minimum Gasteiger partial charge on any atom is -0.479 e. The number of hydrogen-bond donors (Lipinski definition) is 1. The fourth-order valence-electron chi connectivity index (χ4n) is 4.16. The van der Waals surface area contributed by atoms with E-state index in [1.54, 1.807) is 19.9 Å². The Morgan fingerprint density at radius 1 is 1.06 bits per heavy atom. The molecular weight excluding hydrogens is 558 g/mol. The summed E-state index contributed by atoms with van der Waals surface area (Å²) in [5, 5.41) is 9.96. The molecule has 2 aromatic carbocycles. The third kappa shape index (κ3) is 4.23. The predicted molar refractivity (Wildman–Crippen MR) is 132 cm³/mol. The number of rotatable bonds is 6. The first-order valence-electron chi connectivity index (χ1n) is 10.1. The van der Waals surface area contributed by atoms with Gasteiger partial charge < -0.3 is 9.84 Å². The van der Waals surface area contributed by atoms with Gasteiger partial charge in [0.2, 0.25) is 0 Å². The zero-order chi connectivity index (χ0) is 23.0. The smallest absolute Gasteiger partial charge is 0.411 e. The number of nitrogens with zero attached hydrogens (tertiary/aromatic N) is 1. The number of benzene rings is 2. The molecule has 4 rings (SSSR count). The van der Waals surface area contributed by atoms with Gasteiger partial charge in [-0.3, -0.25) is 4.90 Å². The maximum absolute atomic E-state index is 13.2. The number of amides is 1. The quantitative estimate of drug-likeness (QED) is 0.340. The summed E-state index contributed by atoms with van der Waals surface area (Å²) in [4.78, 5) is 27.2. The summed E-state index contributed by atoms with van der Waals surface area (Å²) in [5.74, 6) is -1.19. The first kappa shape index (κ1) is 23.0. The Hall–Kier alpha value is -2.16. The predicted octanol–water partition coefficient (Wildman–Crippen LogP) is 7.06. The first-order valence-corrected chi connectivity index (χ1v) is 12.5. The highest BCUT2D eigenvalue weighted by Crippen LogP contribution is 2.45. The van der Waals surface area contributed by atoms with Crippen LogP contribution in [0.4, 0.5) is 4.79 Å². The van der Waals surface area contributed by atoms with Gasteiger partial charge in [0.25, 0.3) is 0 Å². The van der Waals surface area contributed by atoms with Crippen molar-refractivity contribution in [2.45, 2.75) is 31.8 Å². The molecule has 32 heavy (non-hydrogen) atoms. The largest absolute Gasteiger partial charge is 0.479 e. The molecule has 0 bridgehead atoms. The number of halogens is 2. The van der Waals surface area contributed by atoms with Gasteiger partial charge in [0.15, 0.2) is 6.04 Å². The molecule has 0 saturated carbocycles. The van der Waals surface area contributed by atoms with E-state index in [0.717, 1.165) is 30.5 Å². The SMILES string of the molecule is CC(C)N(C(=O)OCC1c2ccccc2-c2ccccc21)C(C(=O)O)c1cc(Br)c(Br)s1. The van der Waals surface area contributed by atoms with Crippen molar-refractivity contribution in [3.05, 3.63) is 78.9 Å². The van der Waals surface area contributed by atoms with Crippen molar-refractivity contribution < 1.29 is 19.4 Å². The summed E-state index contributed by atoms with van der Waals surface area (Å²) < 4.78 is 7.28. The van der Waals surface area contributed by atoms with E-state index in [0.29, 0.717) is 4.88 Å². The van der Waals surface area contributed by atoms with Crippen molar-refractivity contribution in [3.8, 4) is 11.1 Å². The zero-order valence-electron chi connectivity index (χ0n) is 17.4. The maximum atomic E-state index is 13.2. The molecule has 1 aliphatic rings. The van der Waals surface area contributed by atoms with E-state index in [-0.39, 0.29) is 18.6 Å². The number of carbonyl (C=O) groups excluding carboxylic acids is 1. The number of fused-ring (bicyclic) bond motifs is 3. The molecule has 0 fully saturated rings. The van der Waals surface area contributed by atoms with Crippen molar-refractivity contribution in [1.29, 1.82) is 0 Å². The molecule has 1 N–H and O–H groups in total. The van der Waals surface area contributed by atoms with Crippen molar-refractivity contribution in [2.24, 2.45) is 0 Å². The second-order valence-electron chi connectivity index (χ2n) is 7.82. The van der Waals surface area contributed by atoms with Gasteiger partial charge >= 0.3 is 12.1 Å². The topological polar surface area (TPSA) is 66.8 Å². The molecule has 1 aliphatic carbocycles. The number of carboxylic acids is 1. The number of aliphatic carboxylic acids is 1. The number of thiophene rings is 1. The lowest BCUT2D eigenvalue weighted by Crippen LogP contribution is -2.43. The minimum atomic E-state index is -1.14. The van der Waals surface area contributed by atoms with Gasteiger partial charge in [-0.1, -0.05) is 48.5 Å². The first-order chi connectivity index (χ1) is 15.3. The van der Waals surface area contributed by atoms with Crippen LogP contribution in [0.5, 0.6) is 0 Å². The Bertz CT molecular complexity index is 1110. The summed E-state index contributed by atoms with van der Waals surface area (Å²) in [6.45, 7) is 3.71. The number of carboxylic acid groups (broad SMARTS) is 1. The molecule has 5 nitrogen and oxygen atoms in total. The molecule has 0 spiro atoms. The highest BCUT2D eigenvalue weighted by molar-refractivity contribution is 9.13. The highest BCUT2D eigenvalue weighted by atomic mass is 79.9. The summed E-state index contributed by atoms with van der Waals surface area (Å²) in [6, 6.07) is 16.4. The molecule has 1 heterocycles. The molecule has 0 radical (unpaired) electrons. The molecule has 1 atom stereocenters. The van der Waals surface area contributed by atoms with E-state index < -0.39 is 18.1 Å². The summed E-state index contributed by atoms with van der Waals surface area (Å²) in [5.41, 5.74) is 4.50. The van der Waals surface area contributed by atoms with Gasteiger partial charge in [0, 0.05) is 21.3 Å². The van der Waals surface area contributed by atoms with E-state index in [4.69, 9.17) is 4.74 Å². The fourth-order valence-corrected chi connectivity index (χ4v) is 6.34. The molecule has 1 unspecified atom stereocenters. The van der Waals surface area contributed by atoms with Crippen LogP contribution in [0.3, 0.4) is 0 Å². The summed E-state index contributed by atoms with van der Waals surface area (Å²) in [7, 11) is 0. The van der Waals surface area contributed by atoms with Crippen LogP contribution >= 0.6 is 43.2 Å². The van der Waals surface area contributed by atoms with Crippen LogP contribution in [0.25, 0.3) is 11.1 Å². The molecule has 3 aromatic rings. The molecule has 166 valence electrons. The molecule has 1 amide bonds. The van der Waals surface area contributed by atoms with Crippen molar-refractivity contribution >= 4 is 55.3 Å². The summed E-state index contributed by atoms with van der Waals surface area (Å²) >= 11 is 8.08. The van der Waals surface area contributed by atoms with Gasteiger partial charge in [-0.25, -0.2) is 9.59 Å². The van der Waals surface area contributed by atoms with Gasteiger partial charge in [0.05, 0.1) is 3.79 Å². The molecular formula is C24H21Br2NO4S. The van der Waals surface area contributed by atoms with Crippen LogP contribution in [0.1, 0.15) is 41.8 Å². The van der Waals surface area contributed by atoms with Crippen LogP contribution in [0.15, 0.2) is 62.9 Å². The standard InChI is InChI=1S/C24H21Br2NO4S/c1-13(2)27(21(23(28)29)20-11-19(25)22(26)32-20)24(30)31-12-18-16-9-5-3-7-14(16)15-8-4-6-10-17(15)18/h3-11,13,18,21H,12H2,1-2H3,(H,28,29). The second kappa shape index (κ2) is 9.37. The van der Waals surface area contributed by atoms with Crippen LogP contribution in [0.2, 0.25) is 0 Å². The lowest BCUT2D eigenvalue weighted by molar-refractivity contribution is -0.143. The monoisotopic (exact) mass is 577 g/mol. The number of carbonyl (C=O) groups is 2. The molecule has 0 saturated heterocycles. The molecule has 1 aromatic heterocycles. The Morgan fingerprint density at radius 2 is 1.62 bits per heavy atom. The van der Waals surface area contributed by atoms with Gasteiger partial charge in [-0.05, 0) is 74.0 Å². The fraction of sp³-hybridized carbons (Fsp3) is 0.250. The van der Waals surface area contributed by atoms with E-state index >= 15 is 0 Å². The highest BCUT2D eigenvalue weighted by Gasteiger charge is 2.37. The van der Waals surface area contributed by atoms with Crippen LogP contribution < -0.4 is 0 Å². The maximum Gasteiger partial charge on any atom is 0.411 e. The Labute approximate surface area is 207 Å². The van der Waals surface area contributed by atoms with Gasteiger partial charge in [-0.2, -0.15) is 0 Å². The Kier molecular flexibility index (Phi) is 6.74. The number of ether oxygens (including phenoxy) is 1. The lowest BCUT2D eigenvalue weighted by atomic mass is 9.98. The second-order valence-corrected chi connectivity index (χ2v) is 11.1. The van der Waals surface area contributed by atoms with E-state index in [1.165, 1.54) is 16.2 Å². The van der Waals surface area contributed by atoms with Gasteiger partial charge in [-0.15, -0.1) is 11.3 Å². The van der Waals surface area contributed by atoms with Crippen LogP contribution in [-0.2, 0) is 9.53 Å². The van der Waals surface area contributed by atoms with E-state index in [9.17, 15) is 14.7 Å². The van der Waals surface area contributed by atoms with Crippen LogP contribution in [0, 0.1) is 0 Å². The lowest BCUT2D eigenvalue weighted by Gasteiger charge is -2.31. The zero-order valence-corrected chi connectivity index (χ0v) is 21.4. The average Bonchev–Trinajstić information content (AvgIpc) is 3.26. The van der Waals surface area contributed by atoms with Crippen LogP contribution in [-0.4, -0.2) is 34.7 Å². The van der Waals surface area contributed by atoms with E-state index in [1.807, 2.05) is 24.3 Å². The average molecular weight is 579 g/mol. The van der Waals surface area contributed by atoms with Crippen molar-refractivity contribution in [2.75, 3.05) is 6.61 Å². The van der Waals surface area contributed by atoms with Crippen molar-refractivity contribution in [3.63, 3.8) is 0 Å². The Morgan fingerprint density at radius 3 is 2.09 bits per heavy atom. The molecule has 8 heteroatoms. The molecule has 0 aliphatic heterocycles. The Balaban J connectivity index is 1.60. The van der Waals surface area contributed by atoms with E-state index in [2.05, 4.69) is 56.1 Å². The normalized spacial score (nSPS) is 13.5.